The Morgan fingerprint density at radius 3 is 2.82 bits per heavy atom. The number of amides is 1. The molecule has 0 radical (unpaired) electrons. The average Bonchev–Trinajstić information content (AvgIpc) is 2.41. The summed E-state index contributed by atoms with van der Waals surface area (Å²) in [5.41, 5.74) is 0. The molecule has 11 heavy (non-hydrogen) atoms. The van der Waals surface area contributed by atoms with Crippen molar-refractivity contribution in [3.63, 3.8) is 0 Å². The molecule has 62 valence electrons. The minimum atomic E-state index is 0.381. The van der Waals surface area contributed by atoms with Crippen LogP contribution in [-0.2, 0) is 4.79 Å². The zero-order valence-electron chi connectivity index (χ0n) is 7.21. The van der Waals surface area contributed by atoms with Gasteiger partial charge < -0.3 is 4.90 Å². The van der Waals surface area contributed by atoms with Crippen LogP contribution in [0.2, 0.25) is 0 Å². The Hall–Kier alpha value is -0.530. The van der Waals surface area contributed by atoms with Gasteiger partial charge >= 0.3 is 0 Å². The molecule has 2 rings (SSSR count). The topological polar surface area (TPSA) is 20.3 Å². The molecule has 2 saturated heterocycles. The molecule has 0 aromatic carbocycles. The highest BCUT2D eigenvalue weighted by molar-refractivity contribution is 5.79. The van der Waals surface area contributed by atoms with Crippen molar-refractivity contribution in [2.45, 2.75) is 45.2 Å². The first-order valence-electron chi connectivity index (χ1n) is 4.51. The lowest BCUT2D eigenvalue weighted by atomic mass is 10.0. The number of hydrogen-bond donors (Lipinski definition) is 0. The summed E-state index contributed by atoms with van der Waals surface area (Å²) >= 11 is 0. The number of nitrogens with zero attached hydrogens (tertiary/aromatic N) is 1. The predicted molar refractivity (Wildman–Crippen MR) is 43.1 cm³/mol. The third-order valence-corrected chi connectivity index (χ3v) is 3.28. The lowest BCUT2D eigenvalue weighted by molar-refractivity contribution is -0.129. The molecule has 0 spiro atoms. The molecular formula is C9H15NO. The van der Waals surface area contributed by atoms with E-state index in [2.05, 4.69) is 18.7 Å². The molecule has 2 fully saturated rings. The maximum Gasteiger partial charge on any atom is 0.223 e. The quantitative estimate of drug-likeness (QED) is 0.515. The second-order valence-electron chi connectivity index (χ2n) is 3.95. The normalized spacial score (nSPS) is 43.3. The summed E-state index contributed by atoms with van der Waals surface area (Å²) in [6.45, 7) is 4.42. The zero-order chi connectivity index (χ0) is 8.01. The fourth-order valence-corrected chi connectivity index (χ4v) is 2.45. The molecule has 0 N–H and O–H groups in total. The summed E-state index contributed by atoms with van der Waals surface area (Å²) in [5, 5.41) is 0. The van der Waals surface area contributed by atoms with E-state index in [1.807, 2.05) is 0 Å². The van der Waals surface area contributed by atoms with Crippen LogP contribution in [-0.4, -0.2) is 22.9 Å². The number of carbonyl (C=O) groups is 1. The van der Waals surface area contributed by atoms with Crippen LogP contribution in [0.5, 0.6) is 0 Å². The van der Waals surface area contributed by atoms with Gasteiger partial charge in [0.15, 0.2) is 0 Å². The van der Waals surface area contributed by atoms with E-state index >= 15 is 0 Å². The molecule has 2 aliphatic rings. The van der Waals surface area contributed by atoms with Crippen LogP contribution in [0.1, 0.15) is 33.1 Å². The summed E-state index contributed by atoms with van der Waals surface area (Å²) in [6, 6.07) is 1.09. The van der Waals surface area contributed by atoms with Gasteiger partial charge in [-0.15, -0.1) is 0 Å². The summed E-state index contributed by atoms with van der Waals surface area (Å²) in [6.07, 6.45) is 3.13. The maximum atomic E-state index is 11.3. The highest BCUT2D eigenvalue weighted by Gasteiger charge is 2.42. The van der Waals surface area contributed by atoms with Crippen LogP contribution in [0.25, 0.3) is 0 Å². The molecule has 1 amide bonds. The highest BCUT2D eigenvalue weighted by atomic mass is 16.2. The average molecular weight is 153 g/mol. The predicted octanol–water partition coefficient (Wildman–Crippen LogP) is 1.41. The standard InChI is InChI=1S/C9H15NO/c1-6-5-8-3-4-9(11)10(8)7(6)2/h6-8H,3-5H2,1-2H3. The van der Waals surface area contributed by atoms with Crippen LogP contribution >= 0.6 is 0 Å². The molecule has 0 aliphatic carbocycles. The maximum absolute atomic E-state index is 11.3. The van der Waals surface area contributed by atoms with Gasteiger partial charge in [0.2, 0.25) is 5.91 Å². The Kier molecular flexibility index (Phi) is 1.44. The largest absolute Gasteiger partial charge is 0.337 e. The van der Waals surface area contributed by atoms with E-state index in [0.29, 0.717) is 23.9 Å². The van der Waals surface area contributed by atoms with E-state index in [-0.39, 0.29) is 0 Å². The monoisotopic (exact) mass is 153 g/mol. The van der Waals surface area contributed by atoms with Crippen molar-refractivity contribution in [1.29, 1.82) is 0 Å². The van der Waals surface area contributed by atoms with E-state index in [0.717, 1.165) is 12.8 Å². The number of rotatable bonds is 0. The first-order valence-corrected chi connectivity index (χ1v) is 4.51. The Labute approximate surface area is 67.6 Å². The highest BCUT2D eigenvalue weighted by Crippen LogP contribution is 2.36. The fourth-order valence-electron chi connectivity index (χ4n) is 2.45. The number of fused-ring (bicyclic) bond motifs is 1. The molecule has 3 atom stereocenters. The SMILES string of the molecule is CC1CC2CCC(=O)N2C1C. The Balaban J connectivity index is 2.20. The van der Waals surface area contributed by atoms with Crippen LogP contribution < -0.4 is 0 Å². The first-order chi connectivity index (χ1) is 5.20. The van der Waals surface area contributed by atoms with Crippen molar-refractivity contribution in [3.05, 3.63) is 0 Å². The molecule has 0 saturated carbocycles. The van der Waals surface area contributed by atoms with Gasteiger partial charge in [-0.1, -0.05) is 6.92 Å². The van der Waals surface area contributed by atoms with Crippen LogP contribution in [0.15, 0.2) is 0 Å². The molecule has 0 aromatic heterocycles. The van der Waals surface area contributed by atoms with Crippen molar-refractivity contribution in [3.8, 4) is 0 Å². The van der Waals surface area contributed by atoms with Gasteiger partial charge in [0.05, 0.1) is 0 Å². The van der Waals surface area contributed by atoms with Crippen molar-refractivity contribution < 1.29 is 4.79 Å². The first kappa shape index (κ1) is 7.14. The Bertz CT molecular complexity index is 188. The van der Waals surface area contributed by atoms with E-state index in [1.54, 1.807) is 0 Å². The molecule has 3 unspecified atom stereocenters. The van der Waals surface area contributed by atoms with E-state index < -0.39 is 0 Å². The Morgan fingerprint density at radius 2 is 2.18 bits per heavy atom. The minimum absolute atomic E-state index is 0.381. The molecule has 2 heteroatoms. The Morgan fingerprint density at radius 1 is 1.45 bits per heavy atom. The molecular weight excluding hydrogens is 138 g/mol. The molecule has 0 bridgehead atoms. The van der Waals surface area contributed by atoms with Gasteiger partial charge in [-0.2, -0.15) is 0 Å². The van der Waals surface area contributed by atoms with Crippen molar-refractivity contribution in [2.75, 3.05) is 0 Å². The summed E-state index contributed by atoms with van der Waals surface area (Å²) in [7, 11) is 0. The summed E-state index contributed by atoms with van der Waals surface area (Å²) < 4.78 is 0. The second kappa shape index (κ2) is 2.23. The molecule has 0 aromatic rings. The van der Waals surface area contributed by atoms with Gasteiger partial charge in [0, 0.05) is 18.5 Å². The molecule has 2 nitrogen and oxygen atoms in total. The van der Waals surface area contributed by atoms with E-state index in [1.165, 1.54) is 6.42 Å². The second-order valence-corrected chi connectivity index (χ2v) is 3.95. The lowest BCUT2D eigenvalue weighted by Crippen LogP contribution is -2.34. The lowest BCUT2D eigenvalue weighted by Gasteiger charge is -2.21. The van der Waals surface area contributed by atoms with Gasteiger partial charge in [0.1, 0.15) is 0 Å². The molecule has 2 aliphatic heterocycles. The van der Waals surface area contributed by atoms with Gasteiger partial charge in [0.25, 0.3) is 0 Å². The minimum Gasteiger partial charge on any atom is -0.337 e. The third kappa shape index (κ3) is 0.883. The zero-order valence-corrected chi connectivity index (χ0v) is 7.21. The van der Waals surface area contributed by atoms with Crippen LogP contribution in [0.4, 0.5) is 0 Å². The van der Waals surface area contributed by atoms with Gasteiger partial charge in [-0.3, -0.25) is 4.79 Å². The fraction of sp³-hybridized carbons (Fsp3) is 0.889. The van der Waals surface area contributed by atoms with Gasteiger partial charge in [-0.05, 0) is 25.7 Å². The number of hydrogen-bond acceptors (Lipinski definition) is 1. The number of carbonyl (C=O) groups excluding carboxylic acids is 1. The van der Waals surface area contributed by atoms with Gasteiger partial charge in [-0.25, -0.2) is 0 Å². The van der Waals surface area contributed by atoms with Crippen molar-refractivity contribution >= 4 is 5.91 Å². The van der Waals surface area contributed by atoms with Crippen LogP contribution in [0, 0.1) is 5.92 Å². The third-order valence-electron chi connectivity index (χ3n) is 3.28. The van der Waals surface area contributed by atoms with Crippen molar-refractivity contribution in [1.82, 2.24) is 4.90 Å². The van der Waals surface area contributed by atoms with Crippen molar-refractivity contribution in [2.24, 2.45) is 5.92 Å². The smallest absolute Gasteiger partial charge is 0.223 e. The van der Waals surface area contributed by atoms with Crippen LogP contribution in [0.3, 0.4) is 0 Å². The van der Waals surface area contributed by atoms with E-state index in [9.17, 15) is 4.79 Å². The van der Waals surface area contributed by atoms with E-state index in [4.69, 9.17) is 0 Å². The summed E-state index contributed by atoms with van der Waals surface area (Å²) in [4.78, 5) is 13.4. The summed E-state index contributed by atoms with van der Waals surface area (Å²) in [5.74, 6) is 1.09. The molecule has 2 heterocycles.